The third kappa shape index (κ3) is 5.78. The number of benzene rings is 1. The van der Waals surface area contributed by atoms with Crippen LogP contribution in [0.2, 0.25) is 0 Å². The number of pyridine rings is 1. The summed E-state index contributed by atoms with van der Waals surface area (Å²) in [7, 11) is 0. The van der Waals surface area contributed by atoms with Gasteiger partial charge in [0, 0.05) is 36.7 Å². The van der Waals surface area contributed by atoms with Crippen LogP contribution >= 0.6 is 0 Å². The molecule has 2 heterocycles. The van der Waals surface area contributed by atoms with Crippen LogP contribution in [-0.4, -0.2) is 34.2 Å². The van der Waals surface area contributed by atoms with Gasteiger partial charge in [-0.05, 0) is 44.2 Å². The van der Waals surface area contributed by atoms with Crippen LogP contribution in [-0.2, 0) is 17.8 Å². The number of nitrogens with zero attached hydrogens (tertiary/aromatic N) is 3. The molecule has 0 saturated carbocycles. The number of carbonyl (C=O) groups is 1. The number of carbonyl (C=O) groups excluding carboxylic acids is 1. The fourth-order valence-corrected chi connectivity index (χ4v) is 2.67. The second kappa shape index (κ2) is 10.2. The number of aromatic nitrogens is 3. The van der Waals surface area contributed by atoms with Gasteiger partial charge in [0.15, 0.2) is 0 Å². The van der Waals surface area contributed by atoms with E-state index in [2.05, 4.69) is 20.4 Å². The summed E-state index contributed by atoms with van der Waals surface area (Å²) < 4.78 is 16.1. The first kappa shape index (κ1) is 20.3. The molecule has 1 N–H and O–H groups in total. The van der Waals surface area contributed by atoms with E-state index in [0.29, 0.717) is 43.8 Å². The van der Waals surface area contributed by atoms with Crippen LogP contribution in [0.5, 0.6) is 11.6 Å². The standard InChI is InChI=1S/C21H24N4O4/c1-3-27-17-9-7-15(8-10-17)20-24-19(29-25-20)12-11-18(26)23-14-16-6-5-13-22-21(16)28-4-2/h5-10,13H,3-4,11-12,14H2,1-2H3,(H,23,26). The van der Waals surface area contributed by atoms with Crippen molar-refractivity contribution in [2.75, 3.05) is 13.2 Å². The SMILES string of the molecule is CCOc1ccc(-c2noc(CCC(=O)NCc3cccnc3OCC)n2)cc1. The van der Waals surface area contributed by atoms with E-state index in [1.807, 2.05) is 50.2 Å². The summed E-state index contributed by atoms with van der Waals surface area (Å²) in [5.74, 6) is 2.11. The largest absolute Gasteiger partial charge is 0.494 e. The molecule has 0 atom stereocenters. The molecule has 0 aliphatic carbocycles. The maximum absolute atomic E-state index is 12.2. The molecule has 0 aliphatic heterocycles. The summed E-state index contributed by atoms with van der Waals surface area (Å²) in [5, 5.41) is 6.84. The quantitative estimate of drug-likeness (QED) is 0.562. The Morgan fingerprint density at radius 1 is 1.10 bits per heavy atom. The van der Waals surface area contributed by atoms with Crippen molar-refractivity contribution in [3.8, 4) is 23.0 Å². The summed E-state index contributed by atoms with van der Waals surface area (Å²) in [6.45, 7) is 5.31. The summed E-state index contributed by atoms with van der Waals surface area (Å²) in [4.78, 5) is 20.7. The number of nitrogens with one attached hydrogen (secondary N) is 1. The van der Waals surface area contributed by atoms with Crippen molar-refractivity contribution in [3.63, 3.8) is 0 Å². The first-order valence-corrected chi connectivity index (χ1v) is 9.58. The maximum atomic E-state index is 12.2. The zero-order chi connectivity index (χ0) is 20.5. The Labute approximate surface area is 169 Å². The Bertz CT molecular complexity index is 924. The lowest BCUT2D eigenvalue weighted by molar-refractivity contribution is -0.121. The molecule has 0 bridgehead atoms. The van der Waals surface area contributed by atoms with Crippen molar-refractivity contribution >= 4 is 5.91 Å². The molecule has 0 unspecified atom stereocenters. The normalized spacial score (nSPS) is 10.6. The van der Waals surface area contributed by atoms with E-state index in [9.17, 15) is 4.79 Å². The van der Waals surface area contributed by atoms with E-state index in [-0.39, 0.29) is 12.3 Å². The molecule has 0 spiro atoms. The van der Waals surface area contributed by atoms with Gasteiger partial charge in [-0.15, -0.1) is 0 Å². The van der Waals surface area contributed by atoms with Crippen LogP contribution in [0.3, 0.4) is 0 Å². The van der Waals surface area contributed by atoms with Gasteiger partial charge in [-0.1, -0.05) is 11.2 Å². The molecule has 3 aromatic rings. The minimum Gasteiger partial charge on any atom is -0.494 e. The van der Waals surface area contributed by atoms with Crippen molar-refractivity contribution < 1.29 is 18.8 Å². The number of amides is 1. The second-order valence-corrected chi connectivity index (χ2v) is 6.15. The molecule has 1 amide bonds. The predicted molar refractivity (Wildman–Crippen MR) is 106 cm³/mol. The molecular weight excluding hydrogens is 372 g/mol. The van der Waals surface area contributed by atoms with Crippen LogP contribution in [0, 0.1) is 0 Å². The van der Waals surface area contributed by atoms with Crippen LogP contribution in [0.15, 0.2) is 47.1 Å². The van der Waals surface area contributed by atoms with Crippen molar-refractivity contribution in [1.29, 1.82) is 0 Å². The van der Waals surface area contributed by atoms with Crippen molar-refractivity contribution in [2.24, 2.45) is 0 Å². The molecule has 8 heteroatoms. The van der Waals surface area contributed by atoms with Gasteiger partial charge in [-0.25, -0.2) is 4.98 Å². The van der Waals surface area contributed by atoms with Gasteiger partial charge in [0.05, 0.1) is 13.2 Å². The van der Waals surface area contributed by atoms with E-state index in [1.54, 1.807) is 6.20 Å². The number of hydrogen-bond acceptors (Lipinski definition) is 7. The molecule has 0 fully saturated rings. The summed E-state index contributed by atoms with van der Waals surface area (Å²) in [6.07, 6.45) is 2.27. The highest BCUT2D eigenvalue weighted by Gasteiger charge is 2.12. The molecule has 8 nitrogen and oxygen atoms in total. The maximum Gasteiger partial charge on any atom is 0.227 e. The molecule has 0 radical (unpaired) electrons. The van der Waals surface area contributed by atoms with Gasteiger partial charge < -0.3 is 19.3 Å². The van der Waals surface area contributed by atoms with Gasteiger partial charge in [0.2, 0.25) is 23.5 Å². The van der Waals surface area contributed by atoms with Gasteiger partial charge in [0.25, 0.3) is 0 Å². The van der Waals surface area contributed by atoms with Crippen molar-refractivity contribution in [3.05, 3.63) is 54.0 Å². The van der Waals surface area contributed by atoms with Crippen molar-refractivity contribution in [2.45, 2.75) is 33.2 Å². The highest BCUT2D eigenvalue weighted by atomic mass is 16.5. The topological polar surface area (TPSA) is 99.4 Å². The van der Waals surface area contributed by atoms with Gasteiger partial charge in [-0.3, -0.25) is 4.79 Å². The highest BCUT2D eigenvalue weighted by Crippen LogP contribution is 2.20. The number of hydrogen-bond donors (Lipinski definition) is 1. The fourth-order valence-electron chi connectivity index (χ4n) is 2.67. The van der Waals surface area contributed by atoms with E-state index < -0.39 is 0 Å². The predicted octanol–water partition coefficient (Wildman–Crippen LogP) is 3.18. The summed E-state index contributed by atoms with van der Waals surface area (Å²) >= 11 is 0. The minimum atomic E-state index is -0.114. The summed E-state index contributed by atoms with van der Waals surface area (Å²) in [6, 6.07) is 11.1. The Balaban J connectivity index is 1.50. The Hall–Kier alpha value is -3.42. The average Bonchev–Trinajstić information content (AvgIpc) is 3.22. The monoisotopic (exact) mass is 396 g/mol. The molecule has 152 valence electrons. The van der Waals surface area contributed by atoms with E-state index >= 15 is 0 Å². The zero-order valence-corrected chi connectivity index (χ0v) is 16.6. The number of rotatable bonds is 10. The average molecular weight is 396 g/mol. The lowest BCUT2D eigenvalue weighted by atomic mass is 10.2. The Kier molecular flexibility index (Phi) is 7.16. The molecular formula is C21H24N4O4. The third-order valence-corrected chi connectivity index (χ3v) is 4.06. The van der Waals surface area contributed by atoms with Crippen molar-refractivity contribution in [1.82, 2.24) is 20.4 Å². The van der Waals surface area contributed by atoms with Crippen LogP contribution in [0.1, 0.15) is 31.7 Å². The van der Waals surface area contributed by atoms with E-state index in [1.165, 1.54) is 0 Å². The Morgan fingerprint density at radius 3 is 2.66 bits per heavy atom. The zero-order valence-electron chi connectivity index (χ0n) is 16.6. The van der Waals surface area contributed by atoms with E-state index in [0.717, 1.165) is 16.9 Å². The molecule has 3 rings (SSSR count). The summed E-state index contributed by atoms with van der Waals surface area (Å²) in [5.41, 5.74) is 1.66. The van der Waals surface area contributed by atoms with E-state index in [4.69, 9.17) is 14.0 Å². The second-order valence-electron chi connectivity index (χ2n) is 6.15. The first-order chi connectivity index (χ1) is 14.2. The molecule has 2 aromatic heterocycles. The molecule has 1 aromatic carbocycles. The van der Waals surface area contributed by atoms with Crippen LogP contribution in [0.4, 0.5) is 0 Å². The smallest absolute Gasteiger partial charge is 0.227 e. The first-order valence-electron chi connectivity index (χ1n) is 9.58. The number of aryl methyl sites for hydroxylation is 1. The van der Waals surface area contributed by atoms with Gasteiger partial charge in [0.1, 0.15) is 5.75 Å². The Morgan fingerprint density at radius 2 is 1.90 bits per heavy atom. The lowest BCUT2D eigenvalue weighted by Gasteiger charge is -2.09. The van der Waals surface area contributed by atoms with Gasteiger partial charge >= 0.3 is 0 Å². The fraction of sp³-hybridized carbons (Fsp3) is 0.333. The minimum absolute atomic E-state index is 0.114. The molecule has 0 aliphatic rings. The van der Waals surface area contributed by atoms with Crippen LogP contribution in [0.25, 0.3) is 11.4 Å². The van der Waals surface area contributed by atoms with Gasteiger partial charge in [-0.2, -0.15) is 4.98 Å². The molecule has 29 heavy (non-hydrogen) atoms. The van der Waals surface area contributed by atoms with Crippen LogP contribution < -0.4 is 14.8 Å². The lowest BCUT2D eigenvalue weighted by Crippen LogP contribution is -2.23. The number of ether oxygens (including phenoxy) is 2. The highest BCUT2D eigenvalue weighted by molar-refractivity contribution is 5.76. The third-order valence-electron chi connectivity index (χ3n) is 4.06. The molecule has 0 saturated heterocycles.